The highest BCUT2D eigenvalue weighted by Crippen LogP contribution is 2.35. The maximum absolute atomic E-state index is 5.40. The van der Waals surface area contributed by atoms with E-state index in [0.717, 1.165) is 5.75 Å². The third-order valence-corrected chi connectivity index (χ3v) is 10.0. The molecule has 0 saturated heterocycles. The minimum absolute atomic E-state index is 0.159. The van der Waals surface area contributed by atoms with E-state index in [2.05, 4.69) is 236 Å². The lowest BCUT2D eigenvalue weighted by atomic mass is 9.83. The van der Waals surface area contributed by atoms with Gasteiger partial charge in [-0.2, -0.15) is 0 Å². The molecule has 7 rings (SSSR count). The Morgan fingerprint density at radius 3 is 1.35 bits per heavy atom. The minimum Gasteiger partial charge on any atom is -0.496 e. The summed E-state index contributed by atoms with van der Waals surface area (Å²) in [5.41, 5.74) is 7.83. The minimum atomic E-state index is 0.159. The summed E-state index contributed by atoms with van der Waals surface area (Å²) in [6, 6.07) is 51.7. The standard InChI is InChI=1S/C15H18O.2C14H16.C11H16/c1-15(2,3)13-9-10-14(16-4)12-8-6-5-7-11(12)13;1-14(2,3)13-10-6-8-11-7-4-5-9-12(11)13;1-14(2,3)13-9-8-11-6-4-5-7-12(11)10-13;1-9-5-7-10(8-6-9)11(2,3)4/h5-10H,1-4H3;2*4-10H,1-3H3;5-8H,1-4H3. The van der Waals surface area contributed by atoms with Crippen LogP contribution < -0.4 is 4.74 Å². The molecule has 0 spiro atoms. The number of hydrogen-bond acceptors (Lipinski definition) is 1. The van der Waals surface area contributed by atoms with Crippen molar-refractivity contribution in [2.24, 2.45) is 0 Å². The van der Waals surface area contributed by atoms with Gasteiger partial charge < -0.3 is 4.74 Å². The number of methoxy groups -OCH3 is 1. The number of ether oxygens (including phenoxy) is 1. The first-order chi connectivity index (χ1) is 25.7. The number of fused-ring (bicyclic) bond motifs is 3. The summed E-state index contributed by atoms with van der Waals surface area (Å²) >= 11 is 0. The predicted octanol–water partition coefficient (Wildman–Crippen LogP) is 15.7. The molecule has 7 aromatic rings. The van der Waals surface area contributed by atoms with Crippen LogP contribution in [0.5, 0.6) is 5.75 Å². The van der Waals surface area contributed by atoms with Crippen molar-refractivity contribution in [2.75, 3.05) is 7.11 Å². The van der Waals surface area contributed by atoms with Crippen molar-refractivity contribution < 1.29 is 4.74 Å². The van der Waals surface area contributed by atoms with Crippen LogP contribution in [0.25, 0.3) is 32.3 Å². The fourth-order valence-electron chi connectivity index (χ4n) is 6.69. The van der Waals surface area contributed by atoms with Crippen molar-refractivity contribution in [3.05, 3.63) is 173 Å². The highest BCUT2D eigenvalue weighted by molar-refractivity contribution is 5.92. The van der Waals surface area contributed by atoms with Gasteiger partial charge in [-0.3, -0.25) is 0 Å². The molecular weight excluding hydrogens is 665 g/mol. The lowest BCUT2D eigenvalue weighted by Gasteiger charge is -2.22. The van der Waals surface area contributed by atoms with Crippen LogP contribution in [0.1, 0.15) is 111 Å². The third-order valence-electron chi connectivity index (χ3n) is 10.0. The van der Waals surface area contributed by atoms with Gasteiger partial charge in [0.05, 0.1) is 7.11 Å². The Labute approximate surface area is 333 Å². The second-order valence-electron chi connectivity index (χ2n) is 18.8. The molecule has 0 atom stereocenters. The highest BCUT2D eigenvalue weighted by Gasteiger charge is 2.18. The third kappa shape index (κ3) is 11.8. The average Bonchev–Trinajstić information content (AvgIpc) is 3.13. The second kappa shape index (κ2) is 17.7. The van der Waals surface area contributed by atoms with Gasteiger partial charge in [0.15, 0.2) is 0 Å². The van der Waals surface area contributed by atoms with Crippen molar-refractivity contribution in [2.45, 2.75) is 112 Å². The molecule has 55 heavy (non-hydrogen) atoms. The topological polar surface area (TPSA) is 9.23 Å². The van der Waals surface area contributed by atoms with Gasteiger partial charge in [-0.05, 0) is 83.8 Å². The average molecular weight is 731 g/mol. The summed E-state index contributed by atoms with van der Waals surface area (Å²) in [6.07, 6.45) is 0. The second-order valence-corrected chi connectivity index (χ2v) is 18.8. The van der Waals surface area contributed by atoms with Crippen LogP contribution in [0, 0.1) is 6.92 Å². The first kappa shape index (κ1) is 42.9. The Morgan fingerprint density at radius 2 is 0.800 bits per heavy atom. The van der Waals surface area contributed by atoms with Gasteiger partial charge in [0.1, 0.15) is 5.75 Å². The van der Waals surface area contributed by atoms with E-state index in [9.17, 15) is 0 Å². The quantitative estimate of drug-likeness (QED) is 0.163. The molecule has 0 radical (unpaired) electrons. The van der Waals surface area contributed by atoms with Gasteiger partial charge in [-0.15, -0.1) is 0 Å². The van der Waals surface area contributed by atoms with E-state index in [1.165, 1.54) is 60.1 Å². The Kier molecular flexibility index (Phi) is 13.8. The maximum atomic E-state index is 5.40. The summed E-state index contributed by atoms with van der Waals surface area (Å²) in [5, 5.41) is 7.84. The normalized spacial score (nSPS) is 11.8. The summed E-state index contributed by atoms with van der Waals surface area (Å²) in [5.74, 6) is 0.948. The van der Waals surface area contributed by atoms with Crippen LogP contribution in [-0.4, -0.2) is 7.11 Å². The Bertz CT molecular complexity index is 2270. The highest BCUT2D eigenvalue weighted by atomic mass is 16.5. The van der Waals surface area contributed by atoms with E-state index in [-0.39, 0.29) is 21.7 Å². The van der Waals surface area contributed by atoms with Gasteiger partial charge in [0, 0.05) is 5.39 Å². The molecule has 0 N–H and O–H groups in total. The monoisotopic (exact) mass is 731 g/mol. The van der Waals surface area contributed by atoms with Crippen LogP contribution in [-0.2, 0) is 21.7 Å². The summed E-state index contributed by atoms with van der Waals surface area (Å²) in [4.78, 5) is 0. The molecule has 0 aliphatic carbocycles. The van der Waals surface area contributed by atoms with Crippen molar-refractivity contribution in [1.29, 1.82) is 0 Å². The zero-order valence-electron chi connectivity index (χ0n) is 36.3. The van der Waals surface area contributed by atoms with Crippen molar-refractivity contribution in [1.82, 2.24) is 0 Å². The van der Waals surface area contributed by atoms with Gasteiger partial charge in [0.2, 0.25) is 0 Å². The fraction of sp³-hybridized carbons (Fsp3) is 0.333. The lowest BCUT2D eigenvalue weighted by Crippen LogP contribution is -2.11. The zero-order chi connectivity index (χ0) is 40.6. The summed E-state index contributed by atoms with van der Waals surface area (Å²) in [7, 11) is 1.72. The molecule has 0 heterocycles. The van der Waals surface area contributed by atoms with Crippen LogP contribution in [0.4, 0.5) is 0 Å². The number of rotatable bonds is 1. The first-order valence-electron chi connectivity index (χ1n) is 19.8. The SMILES string of the molecule is CC(C)(C)c1ccc2ccccc2c1.CC(C)(C)c1cccc2ccccc12.COc1ccc(C(C)(C)C)c2ccccc12.Cc1ccc(C(C)(C)C)cc1. The van der Waals surface area contributed by atoms with Crippen LogP contribution in [0.15, 0.2) is 146 Å². The van der Waals surface area contributed by atoms with Crippen LogP contribution in [0.2, 0.25) is 0 Å². The Hall–Kier alpha value is -4.88. The van der Waals surface area contributed by atoms with Crippen molar-refractivity contribution in [3.63, 3.8) is 0 Å². The van der Waals surface area contributed by atoms with Gasteiger partial charge in [-0.1, -0.05) is 228 Å². The van der Waals surface area contributed by atoms with E-state index in [4.69, 9.17) is 4.74 Å². The largest absolute Gasteiger partial charge is 0.496 e. The van der Waals surface area contributed by atoms with Crippen LogP contribution >= 0.6 is 0 Å². The molecule has 1 heteroatoms. The number of aryl methyl sites for hydroxylation is 1. The smallest absolute Gasteiger partial charge is 0.126 e. The van der Waals surface area contributed by atoms with Gasteiger partial charge in [0.25, 0.3) is 0 Å². The van der Waals surface area contributed by atoms with E-state index in [1.807, 2.05) is 0 Å². The van der Waals surface area contributed by atoms with Gasteiger partial charge in [-0.25, -0.2) is 0 Å². The molecule has 0 fully saturated rings. The lowest BCUT2D eigenvalue weighted by molar-refractivity contribution is 0.419. The predicted molar refractivity (Wildman–Crippen MR) is 244 cm³/mol. The molecular formula is C54H66O. The Balaban J connectivity index is 0.000000164. The van der Waals surface area contributed by atoms with Gasteiger partial charge >= 0.3 is 0 Å². The molecule has 7 aromatic carbocycles. The molecule has 1 nitrogen and oxygen atoms in total. The van der Waals surface area contributed by atoms with Crippen molar-refractivity contribution >= 4 is 32.3 Å². The molecule has 288 valence electrons. The van der Waals surface area contributed by atoms with Crippen molar-refractivity contribution in [3.8, 4) is 5.75 Å². The molecule has 0 bridgehead atoms. The molecule has 0 amide bonds. The molecule has 0 saturated carbocycles. The molecule has 0 aliphatic heterocycles. The zero-order valence-corrected chi connectivity index (χ0v) is 36.3. The first-order valence-corrected chi connectivity index (χ1v) is 19.8. The van der Waals surface area contributed by atoms with E-state index in [1.54, 1.807) is 7.11 Å². The summed E-state index contributed by atoms with van der Waals surface area (Å²) in [6.45, 7) is 29.0. The van der Waals surface area contributed by atoms with E-state index >= 15 is 0 Å². The maximum Gasteiger partial charge on any atom is 0.126 e. The van der Waals surface area contributed by atoms with E-state index < -0.39 is 0 Å². The number of benzene rings is 7. The fourth-order valence-corrected chi connectivity index (χ4v) is 6.69. The van der Waals surface area contributed by atoms with Crippen LogP contribution in [0.3, 0.4) is 0 Å². The Morgan fingerprint density at radius 1 is 0.345 bits per heavy atom. The summed E-state index contributed by atoms with van der Waals surface area (Å²) < 4.78 is 5.40. The van der Waals surface area contributed by atoms with E-state index in [0.29, 0.717) is 0 Å². The molecule has 0 aliphatic rings. The number of hydrogen-bond donors (Lipinski definition) is 0. The molecule has 0 unspecified atom stereocenters. The molecule has 0 aromatic heterocycles.